The maximum absolute atomic E-state index is 12.1. The van der Waals surface area contributed by atoms with E-state index in [1.807, 2.05) is 4.68 Å². The summed E-state index contributed by atoms with van der Waals surface area (Å²) in [6, 6.07) is 0.333. The predicted octanol–water partition coefficient (Wildman–Crippen LogP) is 0.174. The Hall–Kier alpha value is -1.07. The highest BCUT2D eigenvalue weighted by atomic mass is 16.5. The molecule has 0 aliphatic carbocycles. The summed E-state index contributed by atoms with van der Waals surface area (Å²) in [5.74, 6) is 0. The summed E-state index contributed by atoms with van der Waals surface area (Å²) in [6.07, 6.45) is 2.89. The monoisotopic (exact) mass is 223 g/mol. The van der Waals surface area contributed by atoms with Crippen molar-refractivity contribution < 1.29 is 4.74 Å². The maximum Gasteiger partial charge on any atom is 0.272 e. The summed E-state index contributed by atoms with van der Waals surface area (Å²) in [5, 5.41) is 6.58. The number of nitrogens with zero attached hydrogens (tertiary/aromatic N) is 1. The van der Waals surface area contributed by atoms with Crippen molar-refractivity contribution in [3.05, 3.63) is 21.6 Å². The number of hydrogen-bond acceptors (Lipinski definition) is 3. The third-order valence-electron chi connectivity index (χ3n) is 3.51. The van der Waals surface area contributed by atoms with E-state index >= 15 is 0 Å². The van der Waals surface area contributed by atoms with Crippen LogP contribution in [0.3, 0.4) is 0 Å². The van der Waals surface area contributed by atoms with Gasteiger partial charge in [-0.05, 0) is 25.9 Å². The summed E-state index contributed by atoms with van der Waals surface area (Å²) in [6.45, 7) is 3.19. The molecule has 0 bridgehead atoms. The normalized spacial score (nSPS) is 22.0. The third-order valence-corrected chi connectivity index (χ3v) is 3.51. The first-order valence-corrected chi connectivity index (χ1v) is 5.97. The van der Waals surface area contributed by atoms with Gasteiger partial charge < -0.3 is 10.1 Å². The van der Waals surface area contributed by atoms with Gasteiger partial charge in [-0.15, -0.1) is 0 Å². The highest BCUT2D eigenvalue weighted by molar-refractivity contribution is 5.18. The number of hydrogen-bond donors (Lipinski definition) is 2. The first kappa shape index (κ1) is 10.1. The molecule has 0 unspecified atom stereocenters. The van der Waals surface area contributed by atoms with E-state index in [0.717, 1.165) is 50.2 Å². The van der Waals surface area contributed by atoms with Gasteiger partial charge in [0.2, 0.25) is 0 Å². The first-order valence-electron chi connectivity index (χ1n) is 5.97. The molecule has 0 atom stereocenters. The zero-order valence-electron chi connectivity index (χ0n) is 9.29. The Morgan fingerprint density at radius 1 is 1.31 bits per heavy atom. The van der Waals surface area contributed by atoms with E-state index < -0.39 is 0 Å². The highest BCUT2D eigenvalue weighted by Gasteiger charge is 2.23. The van der Waals surface area contributed by atoms with E-state index in [-0.39, 0.29) is 5.56 Å². The van der Waals surface area contributed by atoms with Gasteiger partial charge >= 0.3 is 0 Å². The Balaban J connectivity index is 1.94. The molecule has 0 spiro atoms. The van der Waals surface area contributed by atoms with E-state index in [1.54, 1.807) is 0 Å². The molecule has 0 radical (unpaired) electrons. The molecule has 1 aromatic heterocycles. The Morgan fingerprint density at radius 3 is 2.88 bits per heavy atom. The van der Waals surface area contributed by atoms with Crippen LogP contribution in [0.4, 0.5) is 0 Å². The quantitative estimate of drug-likeness (QED) is 0.713. The lowest BCUT2D eigenvalue weighted by Crippen LogP contribution is -2.34. The smallest absolute Gasteiger partial charge is 0.272 e. The summed E-state index contributed by atoms with van der Waals surface area (Å²) >= 11 is 0. The number of nitrogens with one attached hydrogen (secondary N) is 2. The molecule has 1 saturated heterocycles. The molecule has 3 heterocycles. The summed E-state index contributed by atoms with van der Waals surface area (Å²) in [5.41, 5.74) is 2.04. The third kappa shape index (κ3) is 1.60. The first-order chi connectivity index (χ1) is 7.86. The number of aromatic amines is 1. The maximum atomic E-state index is 12.1. The molecule has 0 aromatic carbocycles. The molecule has 5 nitrogen and oxygen atoms in total. The van der Waals surface area contributed by atoms with E-state index in [2.05, 4.69) is 10.4 Å². The number of H-pyrrole nitrogens is 1. The molecule has 2 N–H and O–H groups in total. The minimum Gasteiger partial charge on any atom is -0.376 e. The number of rotatable bonds is 1. The van der Waals surface area contributed by atoms with Crippen LogP contribution in [0.15, 0.2) is 4.79 Å². The van der Waals surface area contributed by atoms with Crippen LogP contribution in [-0.2, 0) is 17.8 Å². The lowest BCUT2D eigenvalue weighted by Gasteiger charge is -2.22. The molecule has 0 amide bonds. The van der Waals surface area contributed by atoms with Gasteiger partial charge in [-0.1, -0.05) is 0 Å². The minimum absolute atomic E-state index is 0.126. The van der Waals surface area contributed by atoms with Gasteiger partial charge in [0.25, 0.3) is 5.56 Å². The Labute approximate surface area is 93.8 Å². The largest absolute Gasteiger partial charge is 0.376 e. The fourth-order valence-electron chi connectivity index (χ4n) is 2.56. The van der Waals surface area contributed by atoms with Crippen molar-refractivity contribution >= 4 is 0 Å². The van der Waals surface area contributed by atoms with Crippen molar-refractivity contribution in [3.8, 4) is 0 Å². The average molecular weight is 223 g/mol. The van der Waals surface area contributed by atoms with Gasteiger partial charge in [-0.25, -0.2) is 4.68 Å². The molecule has 1 fully saturated rings. The van der Waals surface area contributed by atoms with Gasteiger partial charge in [0.15, 0.2) is 0 Å². The van der Waals surface area contributed by atoms with Crippen LogP contribution in [-0.4, -0.2) is 29.5 Å². The molecule has 88 valence electrons. The Kier molecular flexibility index (Phi) is 2.57. The average Bonchev–Trinajstić information content (AvgIpc) is 2.69. The van der Waals surface area contributed by atoms with Crippen LogP contribution >= 0.6 is 0 Å². The second-order valence-corrected chi connectivity index (χ2v) is 4.53. The van der Waals surface area contributed by atoms with Crippen molar-refractivity contribution in [1.82, 2.24) is 15.1 Å². The lowest BCUT2D eigenvalue weighted by atomic mass is 10.1. The molecule has 1 aromatic rings. The number of ether oxygens (including phenoxy) is 1. The minimum atomic E-state index is 0.126. The van der Waals surface area contributed by atoms with Crippen LogP contribution in [0, 0.1) is 0 Å². The van der Waals surface area contributed by atoms with Gasteiger partial charge in [0, 0.05) is 12.1 Å². The highest BCUT2D eigenvalue weighted by Crippen LogP contribution is 2.18. The van der Waals surface area contributed by atoms with Crippen LogP contribution in [0.1, 0.15) is 30.1 Å². The number of piperidine rings is 1. The number of aromatic nitrogens is 2. The molecule has 0 saturated carbocycles. The van der Waals surface area contributed by atoms with Crippen molar-refractivity contribution in [2.75, 3.05) is 19.7 Å². The molecule has 5 heteroatoms. The number of fused-ring (bicyclic) bond motifs is 1. The molecule has 2 aliphatic rings. The fraction of sp³-hybridized carbons (Fsp3) is 0.727. The summed E-state index contributed by atoms with van der Waals surface area (Å²) in [4.78, 5) is 12.1. The van der Waals surface area contributed by atoms with Crippen LogP contribution in [0.2, 0.25) is 0 Å². The van der Waals surface area contributed by atoms with Gasteiger partial charge in [-0.2, -0.15) is 0 Å². The molecular weight excluding hydrogens is 206 g/mol. The lowest BCUT2D eigenvalue weighted by molar-refractivity contribution is 0.109. The molecule has 2 aliphatic heterocycles. The van der Waals surface area contributed by atoms with Crippen LogP contribution in [0.25, 0.3) is 0 Å². The predicted molar refractivity (Wildman–Crippen MR) is 59.6 cm³/mol. The van der Waals surface area contributed by atoms with E-state index in [9.17, 15) is 4.79 Å². The van der Waals surface area contributed by atoms with Crippen molar-refractivity contribution in [2.24, 2.45) is 0 Å². The van der Waals surface area contributed by atoms with E-state index in [0.29, 0.717) is 12.6 Å². The van der Waals surface area contributed by atoms with Gasteiger partial charge in [0.1, 0.15) is 0 Å². The van der Waals surface area contributed by atoms with E-state index in [1.165, 1.54) is 0 Å². The Bertz CT molecular complexity index is 429. The second kappa shape index (κ2) is 4.07. The van der Waals surface area contributed by atoms with Crippen molar-refractivity contribution in [1.29, 1.82) is 0 Å². The molecule has 3 rings (SSSR count). The van der Waals surface area contributed by atoms with Gasteiger partial charge in [0.05, 0.1) is 24.8 Å². The fourth-order valence-corrected chi connectivity index (χ4v) is 2.56. The SMILES string of the molecule is O=c1c2c([nH]n1C1CCNCC1)CCOC2. The summed E-state index contributed by atoms with van der Waals surface area (Å²) in [7, 11) is 0. The zero-order valence-corrected chi connectivity index (χ0v) is 9.29. The van der Waals surface area contributed by atoms with Crippen molar-refractivity contribution in [2.45, 2.75) is 31.9 Å². The van der Waals surface area contributed by atoms with Crippen molar-refractivity contribution in [3.63, 3.8) is 0 Å². The topological polar surface area (TPSA) is 59.0 Å². The summed E-state index contributed by atoms with van der Waals surface area (Å²) < 4.78 is 7.15. The second-order valence-electron chi connectivity index (χ2n) is 4.53. The molecule has 16 heavy (non-hydrogen) atoms. The Morgan fingerprint density at radius 2 is 2.12 bits per heavy atom. The standard InChI is InChI=1S/C11H17N3O2/c15-11-9-7-16-6-3-10(9)13-14(11)8-1-4-12-5-2-8/h8,12-13H,1-7H2. The van der Waals surface area contributed by atoms with E-state index in [4.69, 9.17) is 4.74 Å². The zero-order chi connectivity index (χ0) is 11.0. The van der Waals surface area contributed by atoms with Crippen LogP contribution in [0.5, 0.6) is 0 Å². The van der Waals surface area contributed by atoms with Gasteiger partial charge in [-0.3, -0.25) is 9.89 Å². The molecular formula is C11H17N3O2. The van der Waals surface area contributed by atoms with Crippen LogP contribution < -0.4 is 10.9 Å².